The molecule has 0 unspecified atom stereocenters. The van der Waals surface area contributed by atoms with E-state index in [1.54, 1.807) is 27.7 Å². The highest BCUT2D eigenvalue weighted by Gasteiger charge is 2.22. The Morgan fingerprint density at radius 1 is 1.17 bits per heavy atom. The summed E-state index contributed by atoms with van der Waals surface area (Å²) in [6.07, 6.45) is 2.53. The Bertz CT molecular complexity index is 1530. The molecule has 0 saturated carbocycles. The Kier molecular flexibility index (Phi) is 5.61. The molecular formula is C26H28N8O. The van der Waals surface area contributed by atoms with Crippen molar-refractivity contribution in [2.75, 3.05) is 11.9 Å². The van der Waals surface area contributed by atoms with Crippen LogP contribution in [0.15, 0.2) is 41.3 Å². The van der Waals surface area contributed by atoms with Crippen LogP contribution in [-0.2, 0) is 24.9 Å². The van der Waals surface area contributed by atoms with Crippen molar-refractivity contribution >= 4 is 28.4 Å². The van der Waals surface area contributed by atoms with E-state index in [0.717, 1.165) is 30.9 Å². The molecule has 178 valence electrons. The standard InChI is InChI=1S/C26H28N8O/c1-6-33-24(35)20-15-29-25(30-18-8-7-17-14-28-10-9-16(17)11-18)32-23(20)34(33)22-13-19(27-5)12-21(31-22)26(2,3)4/h7-8,11-13,15,28H,6,9-10,14H2,1-4H3,(H,29,30,32). The first-order valence-corrected chi connectivity index (χ1v) is 11.8. The molecule has 35 heavy (non-hydrogen) atoms. The molecular weight excluding hydrogens is 440 g/mol. The van der Waals surface area contributed by atoms with Crippen LogP contribution in [0.25, 0.3) is 21.7 Å². The molecule has 3 aromatic heterocycles. The Morgan fingerprint density at radius 2 is 2.00 bits per heavy atom. The molecule has 0 saturated heterocycles. The maximum absolute atomic E-state index is 13.2. The second kappa shape index (κ2) is 8.64. The third kappa shape index (κ3) is 4.17. The van der Waals surface area contributed by atoms with Gasteiger partial charge in [-0.3, -0.25) is 4.79 Å². The first-order chi connectivity index (χ1) is 16.8. The third-order valence-electron chi connectivity index (χ3n) is 6.24. The molecule has 9 heteroatoms. The average molecular weight is 469 g/mol. The van der Waals surface area contributed by atoms with Crippen molar-refractivity contribution in [3.63, 3.8) is 0 Å². The number of hydrogen-bond donors (Lipinski definition) is 2. The van der Waals surface area contributed by atoms with E-state index in [1.165, 1.54) is 11.1 Å². The predicted octanol–water partition coefficient (Wildman–Crippen LogP) is 4.23. The Labute approximate surface area is 203 Å². The minimum Gasteiger partial charge on any atom is -0.324 e. The fraction of sp³-hybridized carbons (Fsp3) is 0.346. The minimum absolute atomic E-state index is 0.192. The zero-order valence-corrected chi connectivity index (χ0v) is 20.4. The van der Waals surface area contributed by atoms with E-state index in [0.29, 0.717) is 35.0 Å². The van der Waals surface area contributed by atoms with Crippen molar-refractivity contribution in [1.29, 1.82) is 0 Å². The largest absolute Gasteiger partial charge is 0.324 e. The Balaban J connectivity index is 1.64. The highest BCUT2D eigenvalue weighted by atomic mass is 16.1. The lowest BCUT2D eigenvalue weighted by atomic mass is 9.91. The second-order valence-electron chi connectivity index (χ2n) is 9.73. The monoisotopic (exact) mass is 468 g/mol. The number of benzene rings is 1. The van der Waals surface area contributed by atoms with Crippen molar-refractivity contribution in [3.05, 3.63) is 75.1 Å². The maximum atomic E-state index is 13.2. The molecule has 0 aliphatic carbocycles. The fourth-order valence-corrected chi connectivity index (χ4v) is 4.35. The van der Waals surface area contributed by atoms with Crippen LogP contribution in [0.2, 0.25) is 0 Å². The SMILES string of the molecule is [C-]#[N+]c1cc(-n2c3nc(Nc4ccc5c(c4)CCNC5)ncc3c(=O)n2CC)nc(C(C)(C)C)c1. The van der Waals surface area contributed by atoms with Gasteiger partial charge in [0.1, 0.15) is 11.2 Å². The number of nitrogens with zero attached hydrogens (tertiary/aromatic N) is 6. The van der Waals surface area contributed by atoms with Crippen LogP contribution >= 0.6 is 0 Å². The lowest BCUT2D eigenvalue weighted by Gasteiger charge is -2.20. The summed E-state index contributed by atoms with van der Waals surface area (Å²) in [6, 6.07) is 9.74. The quantitative estimate of drug-likeness (QED) is 0.435. The minimum atomic E-state index is -0.264. The van der Waals surface area contributed by atoms with Gasteiger partial charge in [0, 0.05) is 36.1 Å². The van der Waals surface area contributed by atoms with Crippen LogP contribution in [0.4, 0.5) is 17.3 Å². The normalized spacial score (nSPS) is 13.5. The van der Waals surface area contributed by atoms with Crippen molar-refractivity contribution in [2.24, 2.45) is 0 Å². The van der Waals surface area contributed by atoms with E-state index in [1.807, 2.05) is 33.8 Å². The molecule has 0 atom stereocenters. The van der Waals surface area contributed by atoms with Crippen LogP contribution < -0.4 is 16.2 Å². The average Bonchev–Trinajstić information content (AvgIpc) is 3.14. The fourth-order valence-electron chi connectivity index (χ4n) is 4.35. The van der Waals surface area contributed by atoms with E-state index in [4.69, 9.17) is 16.5 Å². The molecule has 5 rings (SSSR count). The van der Waals surface area contributed by atoms with E-state index in [-0.39, 0.29) is 11.0 Å². The molecule has 4 aromatic rings. The lowest BCUT2D eigenvalue weighted by molar-refractivity contribution is 0.545. The Hall–Kier alpha value is -4.03. The summed E-state index contributed by atoms with van der Waals surface area (Å²) in [6.45, 7) is 17.9. The number of pyridine rings is 1. The van der Waals surface area contributed by atoms with Gasteiger partial charge < -0.3 is 10.6 Å². The maximum Gasteiger partial charge on any atom is 0.278 e. The molecule has 0 fully saturated rings. The topological polar surface area (TPSA) is 94.0 Å². The van der Waals surface area contributed by atoms with E-state index >= 15 is 0 Å². The summed E-state index contributed by atoms with van der Waals surface area (Å²) in [5.41, 5.74) is 4.73. The van der Waals surface area contributed by atoms with E-state index in [9.17, 15) is 4.79 Å². The zero-order chi connectivity index (χ0) is 24.7. The van der Waals surface area contributed by atoms with Crippen molar-refractivity contribution in [3.8, 4) is 5.82 Å². The number of nitrogens with one attached hydrogen (secondary N) is 2. The first-order valence-electron chi connectivity index (χ1n) is 11.8. The number of aromatic nitrogens is 5. The molecule has 9 nitrogen and oxygen atoms in total. The van der Waals surface area contributed by atoms with Gasteiger partial charge in [-0.15, -0.1) is 0 Å². The van der Waals surface area contributed by atoms with Gasteiger partial charge in [0.25, 0.3) is 5.56 Å². The molecule has 1 aliphatic rings. The summed E-state index contributed by atoms with van der Waals surface area (Å²) in [7, 11) is 0. The first kappa shape index (κ1) is 22.7. The molecule has 0 radical (unpaired) electrons. The van der Waals surface area contributed by atoms with Gasteiger partial charge >= 0.3 is 0 Å². The van der Waals surface area contributed by atoms with Crippen LogP contribution in [0.1, 0.15) is 44.5 Å². The van der Waals surface area contributed by atoms with Crippen LogP contribution in [0, 0.1) is 6.57 Å². The van der Waals surface area contributed by atoms with Gasteiger partial charge in [-0.2, -0.15) is 4.98 Å². The van der Waals surface area contributed by atoms with Crippen molar-refractivity contribution < 1.29 is 0 Å². The summed E-state index contributed by atoms with van der Waals surface area (Å²) in [4.78, 5) is 30.8. The lowest BCUT2D eigenvalue weighted by Crippen LogP contribution is -2.23. The molecule has 0 spiro atoms. The zero-order valence-electron chi connectivity index (χ0n) is 20.4. The summed E-state index contributed by atoms with van der Waals surface area (Å²) < 4.78 is 3.28. The smallest absolute Gasteiger partial charge is 0.278 e. The molecule has 4 heterocycles. The van der Waals surface area contributed by atoms with Gasteiger partial charge in [-0.1, -0.05) is 26.8 Å². The molecule has 2 N–H and O–H groups in total. The summed E-state index contributed by atoms with van der Waals surface area (Å²) >= 11 is 0. The number of fused-ring (bicyclic) bond motifs is 2. The van der Waals surface area contributed by atoms with Crippen molar-refractivity contribution in [1.82, 2.24) is 29.6 Å². The Morgan fingerprint density at radius 3 is 2.74 bits per heavy atom. The number of hydrogen-bond acceptors (Lipinski definition) is 6. The summed E-state index contributed by atoms with van der Waals surface area (Å²) in [5, 5.41) is 7.08. The number of rotatable bonds is 4. The second-order valence-corrected chi connectivity index (χ2v) is 9.73. The van der Waals surface area contributed by atoms with Gasteiger partial charge in [0.05, 0.1) is 6.57 Å². The van der Waals surface area contributed by atoms with Gasteiger partial charge in [-0.05, 0) is 55.3 Å². The van der Waals surface area contributed by atoms with Crippen LogP contribution in [-0.4, -0.2) is 30.9 Å². The van der Waals surface area contributed by atoms with Gasteiger partial charge in [0.2, 0.25) is 5.95 Å². The summed E-state index contributed by atoms with van der Waals surface area (Å²) in [5.74, 6) is 0.883. The molecule has 1 aliphatic heterocycles. The third-order valence-corrected chi connectivity index (χ3v) is 6.24. The van der Waals surface area contributed by atoms with Crippen molar-refractivity contribution in [2.45, 2.75) is 52.6 Å². The van der Waals surface area contributed by atoms with E-state index < -0.39 is 0 Å². The molecule has 0 bridgehead atoms. The predicted molar refractivity (Wildman–Crippen MR) is 137 cm³/mol. The molecule has 0 amide bonds. The van der Waals surface area contributed by atoms with Crippen LogP contribution in [0.5, 0.6) is 0 Å². The highest BCUT2D eigenvalue weighted by Crippen LogP contribution is 2.28. The van der Waals surface area contributed by atoms with Gasteiger partial charge in [0.15, 0.2) is 11.3 Å². The van der Waals surface area contributed by atoms with Gasteiger partial charge in [-0.25, -0.2) is 24.2 Å². The van der Waals surface area contributed by atoms with Crippen LogP contribution in [0.3, 0.4) is 0 Å². The highest BCUT2D eigenvalue weighted by molar-refractivity contribution is 5.77. The van der Waals surface area contributed by atoms with E-state index in [2.05, 4.69) is 32.6 Å². The number of anilines is 2. The molecule has 1 aromatic carbocycles.